The van der Waals surface area contributed by atoms with Crippen molar-refractivity contribution >= 4 is 23.3 Å². The number of methoxy groups -OCH3 is 1. The maximum Gasteiger partial charge on any atom is 0.338 e. The number of pyridine rings is 1. The molecule has 5 rings (SSSR count). The van der Waals surface area contributed by atoms with Gasteiger partial charge in [0.25, 0.3) is 0 Å². The van der Waals surface area contributed by atoms with Gasteiger partial charge in [0.15, 0.2) is 5.11 Å². The molecule has 4 heterocycles. The molecule has 0 aliphatic carbocycles. The zero-order chi connectivity index (χ0) is 24.9. The van der Waals surface area contributed by atoms with Gasteiger partial charge in [-0.15, -0.1) is 0 Å². The van der Waals surface area contributed by atoms with E-state index in [1.54, 1.807) is 12.3 Å². The summed E-state index contributed by atoms with van der Waals surface area (Å²) in [4.78, 5) is 21.6. The van der Waals surface area contributed by atoms with Crippen LogP contribution in [-0.2, 0) is 9.47 Å². The summed E-state index contributed by atoms with van der Waals surface area (Å²) in [7, 11) is 1.38. The lowest BCUT2D eigenvalue weighted by molar-refractivity contribution is 0.0365. The van der Waals surface area contributed by atoms with Gasteiger partial charge in [0.1, 0.15) is 17.6 Å². The van der Waals surface area contributed by atoms with E-state index in [0.717, 1.165) is 57.3 Å². The fraction of sp³-hybridized carbons (Fsp3) is 0.370. The molecule has 0 radical (unpaired) electrons. The summed E-state index contributed by atoms with van der Waals surface area (Å²) in [5.74, 6) is 0.972. The Labute approximate surface area is 216 Å². The third kappa shape index (κ3) is 5.13. The van der Waals surface area contributed by atoms with Crippen LogP contribution in [0.4, 0.5) is 0 Å². The molecule has 0 saturated carbocycles. The summed E-state index contributed by atoms with van der Waals surface area (Å²) in [6, 6.07) is 16.7. The second-order valence-electron chi connectivity index (χ2n) is 8.87. The smallest absolute Gasteiger partial charge is 0.338 e. The molecule has 1 N–H and O–H groups in total. The number of hydrogen-bond donors (Lipinski definition) is 1. The first-order chi connectivity index (χ1) is 17.7. The van der Waals surface area contributed by atoms with E-state index in [9.17, 15) is 4.79 Å². The van der Waals surface area contributed by atoms with Crippen LogP contribution in [-0.4, -0.2) is 72.4 Å². The van der Waals surface area contributed by atoms with Gasteiger partial charge in [-0.1, -0.05) is 24.3 Å². The van der Waals surface area contributed by atoms with Crippen molar-refractivity contribution in [1.82, 2.24) is 20.1 Å². The molecule has 188 valence electrons. The van der Waals surface area contributed by atoms with Crippen molar-refractivity contribution in [3.8, 4) is 11.3 Å². The van der Waals surface area contributed by atoms with Gasteiger partial charge in [-0.3, -0.25) is 9.88 Å². The lowest BCUT2D eigenvalue weighted by Gasteiger charge is -2.29. The van der Waals surface area contributed by atoms with Gasteiger partial charge in [-0.25, -0.2) is 4.79 Å². The Balaban J connectivity index is 1.43. The molecule has 2 unspecified atom stereocenters. The topological polar surface area (TPSA) is 80.1 Å². The molecule has 2 aromatic heterocycles. The fourth-order valence-electron chi connectivity index (χ4n) is 4.89. The van der Waals surface area contributed by atoms with Crippen LogP contribution in [0, 0.1) is 0 Å². The Morgan fingerprint density at radius 1 is 1.11 bits per heavy atom. The number of ether oxygens (including phenoxy) is 2. The number of aromatic nitrogens is 1. The van der Waals surface area contributed by atoms with Crippen molar-refractivity contribution in [1.29, 1.82) is 0 Å². The third-order valence-corrected chi connectivity index (χ3v) is 7.04. The minimum Gasteiger partial charge on any atom is -0.465 e. The van der Waals surface area contributed by atoms with E-state index in [1.165, 1.54) is 7.11 Å². The fourth-order valence-corrected chi connectivity index (χ4v) is 5.22. The van der Waals surface area contributed by atoms with E-state index in [0.29, 0.717) is 22.0 Å². The van der Waals surface area contributed by atoms with E-state index < -0.39 is 5.97 Å². The number of nitrogens with one attached hydrogen (secondary N) is 1. The van der Waals surface area contributed by atoms with Gasteiger partial charge < -0.3 is 24.1 Å². The SMILES string of the molecule is COC(=O)c1ccccc1-c1ccc(C2C(c3ccccn3)NC(=S)N2CCCN2CCOCC2)o1. The number of nitrogens with zero attached hydrogens (tertiary/aromatic N) is 3. The lowest BCUT2D eigenvalue weighted by Crippen LogP contribution is -2.38. The molecule has 0 spiro atoms. The Bertz CT molecular complexity index is 1200. The minimum atomic E-state index is -0.400. The number of rotatable bonds is 8. The van der Waals surface area contributed by atoms with Gasteiger partial charge in [0.2, 0.25) is 0 Å². The summed E-state index contributed by atoms with van der Waals surface area (Å²) in [5, 5.41) is 4.16. The number of esters is 1. The Hall–Kier alpha value is -3.27. The van der Waals surface area contributed by atoms with Crippen LogP contribution < -0.4 is 5.32 Å². The van der Waals surface area contributed by atoms with Crippen LogP contribution in [0.15, 0.2) is 65.2 Å². The Morgan fingerprint density at radius 2 is 1.92 bits per heavy atom. The molecule has 3 aromatic rings. The molecule has 9 heteroatoms. The van der Waals surface area contributed by atoms with Crippen molar-refractivity contribution in [2.45, 2.75) is 18.5 Å². The number of thiocarbonyl (C=S) groups is 1. The molecule has 2 saturated heterocycles. The highest BCUT2D eigenvalue weighted by Crippen LogP contribution is 2.40. The summed E-state index contributed by atoms with van der Waals surface area (Å²) in [5.41, 5.74) is 2.05. The highest BCUT2D eigenvalue weighted by molar-refractivity contribution is 7.80. The predicted molar refractivity (Wildman–Crippen MR) is 140 cm³/mol. The van der Waals surface area contributed by atoms with E-state index in [2.05, 4.69) is 20.1 Å². The quantitative estimate of drug-likeness (QED) is 0.362. The van der Waals surface area contributed by atoms with Gasteiger partial charge in [-0.05, 0) is 49.0 Å². The highest BCUT2D eigenvalue weighted by Gasteiger charge is 2.41. The number of furan rings is 1. The summed E-state index contributed by atoms with van der Waals surface area (Å²) in [6.07, 6.45) is 2.75. The zero-order valence-corrected chi connectivity index (χ0v) is 21.1. The largest absolute Gasteiger partial charge is 0.465 e. The van der Waals surface area contributed by atoms with Crippen molar-refractivity contribution in [2.24, 2.45) is 0 Å². The molecule has 2 fully saturated rings. The first kappa shape index (κ1) is 24.4. The number of carbonyl (C=O) groups is 1. The monoisotopic (exact) mass is 506 g/mol. The number of morpholine rings is 1. The first-order valence-corrected chi connectivity index (χ1v) is 12.6. The summed E-state index contributed by atoms with van der Waals surface area (Å²) < 4.78 is 16.9. The molecule has 1 aromatic carbocycles. The maximum atomic E-state index is 12.3. The second-order valence-corrected chi connectivity index (χ2v) is 9.25. The molecular weight excluding hydrogens is 476 g/mol. The van der Waals surface area contributed by atoms with Gasteiger partial charge in [0.05, 0.1) is 37.6 Å². The normalized spacial score (nSPS) is 20.4. The molecule has 8 nitrogen and oxygen atoms in total. The van der Waals surface area contributed by atoms with Crippen molar-refractivity contribution < 1.29 is 18.7 Å². The van der Waals surface area contributed by atoms with Crippen LogP contribution in [0.2, 0.25) is 0 Å². The third-order valence-electron chi connectivity index (χ3n) is 6.69. The van der Waals surface area contributed by atoms with Crippen LogP contribution in [0.5, 0.6) is 0 Å². The van der Waals surface area contributed by atoms with Gasteiger partial charge >= 0.3 is 5.97 Å². The predicted octanol–water partition coefficient (Wildman–Crippen LogP) is 3.82. The van der Waals surface area contributed by atoms with Crippen LogP contribution in [0.3, 0.4) is 0 Å². The lowest BCUT2D eigenvalue weighted by atomic mass is 10.0. The summed E-state index contributed by atoms with van der Waals surface area (Å²) >= 11 is 5.79. The van der Waals surface area contributed by atoms with Crippen LogP contribution in [0.1, 0.15) is 40.3 Å². The average molecular weight is 507 g/mol. The van der Waals surface area contributed by atoms with E-state index in [-0.39, 0.29) is 12.1 Å². The molecule has 2 atom stereocenters. The molecule has 2 aliphatic heterocycles. The molecule has 2 aliphatic rings. The molecular formula is C27H30N4O4S. The number of hydrogen-bond acceptors (Lipinski definition) is 7. The summed E-state index contributed by atoms with van der Waals surface area (Å²) in [6.45, 7) is 5.27. The zero-order valence-electron chi connectivity index (χ0n) is 20.3. The minimum absolute atomic E-state index is 0.156. The highest BCUT2D eigenvalue weighted by atomic mass is 32.1. The molecule has 0 amide bonds. The Kier molecular flexibility index (Phi) is 7.60. The van der Waals surface area contributed by atoms with Crippen LogP contribution >= 0.6 is 12.2 Å². The number of carbonyl (C=O) groups excluding carboxylic acids is 1. The second kappa shape index (κ2) is 11.2. The van der Waals surface area contributed by atoms with Crippen molar-refractivity contribution in [3.05, 3.63) is 77.8 Å². The van der Waals surface area contributed by atoms with Gasteiger partial charge in [-0.2, -0.15) is 0 Å². The van der Waals surface area contributed by atoms with Crippen molar-refractivity contribution in [3.63, 3.8) is 0 Å². The first-order valence-electron chi connectivity index (χ1n) is 12.2. The standard InChI is InChI=1S/C27H30N4O4S/c1-33-26(32)20-8-3-2-7-19(20)22-10-11-23(35-22)25-24(21-9-4-5-12-28-21)29-27(36)31(25)14-6-13-30-15-17-34-18-16-30/h2-5,7-12,24-25H,6,13-18H2,1H3,(H,29,36). The molecule has 0 bridgehead atoms. The maximum absolute atomic E-state index is 12.3. The number of benzene rings is 1. The van der Waals surface area contributed by atoms with E-state index in [1.807, 2.05) is 48.5 Å². The average Bonchev–Trinajstić information content (AvgIpc) is 3.54. The van der Waals surface area contributed by atoms with E-state index >= 15 is 0 Å². The van der Waals surface area contributed by atoms with Crippen molar-refractivity contribution in [2.75, 3.05) is 46.5 Å². The Morgan fingerprint density at radius 3 is 2.69 bits per heavy atom. The van der Waals surface area contributed by atoms with E-state index in [4.69, 9.17) is 26.1 Å². The van der Waals surface area contributed by atoms with Crippen LogP contribution in [0.25, 0.3) is 11.3 Å². The molecule has 36 heavy (non-hydrogen) atoms. The van der Waals surface area contributed by atoms with Gasteiger partial charge in [0, 0.05) is 37.9 Å².